The maximum Gasteiger partial charge on any atom is 0.405 e. The van der Waals surface area contributed by atoms with Crippen molar-refractivity contribution in [2.24, 2.45) is 5.73 Å². The van der Waals surface area contributed by atoms with E-state index >= 15 is 0 Å². The molecule has 1 unspecified atom stereocenters. The fraction of sp³-hybridized carbons (Fsp3) is 0.250. The van der Waals surface area contributed by atoms with Gasteiger partial charge in [0.05, 0.1) is 17.3 Å². The summed E-state index contributed by atoms with van der Waals surface area (Å²) >= 11 is 5.99. The Kier molecular flexibility index (Phi) is 4.88. The number of nitrogens with zero attached hydrogens (tertiary/aromatic N) is 3. The van der Waals surface area contributed by atoms with E-state index in [0.717, 1.165) is 11.0 Å². The minimum atomic E-state index is -2.85. The van der Waals surface area contributed by atoms with Crippen molar-refractivity contribution in [1.29, 1.82) is 0 Å². The minimum Gasteiger partial charge on any atom is -0.439 e. The van der Waals surface area contributed by atoms with Crippen molar-refractivity contribution in [3.8, 4) is 5.69 Å². The third-order valence-corrected chi connectivity index (χ3v) is 3.08. The number of primary amides is 1. The average molecular weight is 333 g/mol. The first-order valence-corrected chi connectivity index (χ1v) is 6.36. The summed E-state index contributed by atoms with van der Waals surface area (Å²) in [4.78, 5) is 14.3. The number of ether oxygens (including phenoxy) is 1. The first kappa shape index (κ1) is 16.1. The molecule has 1 aromatic heterocycles. The second kappa shape index (κ2) is 6.67. The van der Waals surface area contributed by atoms with E-state index in [0.29, 0.717) is 5.56 Å². The Morgan fingerprint density at radius 2 is 2.23 bits per heavy atom. The highest BCUT2D eigenvalue weighted by atomic mass is 35.5. The van der Waals surface area contributed by atoms with E-state index < -0.39 is 31.1 Å². The third-order valence-electron chi connectivity index (χ3n) is 2.76. The zero-order valence-corrected chi connectivity index (χ0v) is 11.7. The van der Waals surface area contributed by atoms with Crippen LogP contribution in [-0.2, 0) is 4.74 Å². The van der Waals surface area contributed by atoms with E-state index in [1.54, 1.807) is 0 Å². The van der Waals surface area contributed by atoms with Gasteiger partial charge in [-0.15, -0.1) is 0 Å². The molecule has 0 bridgehead atoms. The van der Waals surface area contributed by atoms with E-state index in [1.165, 1.54) is 18.2 Å². The quantitative estimate of drug-likeness (QED) is 0.871. The Labute approximate surface area is 128 Å². The van der Waals surface area contributed by atoms with Crippen LogP contribution >= 0.6 is 11.6 Å². The molecule has 0 spiro atoms. The van der Waals surface area contributed by atoms with Gasteiger partial charge in [0, 0.05) is 0 Å². The van der Waals surface area contributed by atoms with Crippen LogP contribution in [0.2, 0.25) is 5.02 Å². The van der Waals surface area contributed by atoms with Gasteiger partial charge in [-0.25, -0.2) is 23.2 Å². The molecule has 0 saturated carbocycles. The molecule has 0 aliphatic rings. The summed E-state index contributed by atoms with van der Waals surface area (Å²) in [6.45, 7) is -0.539. The largest absolute Gasteiger partial charge is 0.439 e. The molecule has 2 aromatic rings. The fourth-order valence-corrected chi connectivity index (χ4v) is 2.03. The van der Waals surface area contributed by atoms with E-state index in [2.05, 4.69) is 10.1 Å². The molecule has 0 aliphatic heterocycles. The van der Waals surface area contributed by atoms with Crippen LogP contribution in [0.25, 0.3) is 5.69 Å². The minimum absolute atomic E-state index is 0.110. The van der Waals surface area contributed by atoms with Crippen LogP contribution in [0.15, 0.2) is 24.5 Å². The lowest BCUT2D eigenvalue weighted by atomic mass is 10.1. The maximum atomic E-state index is 12.9. The van der Waals surface area contributed by atoms with Crippen molar-refractivity contribution in [1.82, 2.24) is 14.8 Å². The first-order chi connectivity index (χ1) is 10.4. The summed E-state index contributed by atoms with van der Waals surface area (Å²) in [5, 5.41) is 13.1. The highest BCUT2D eigenvalue weighted by Crippen LogP contribution is 2.28. The first-order valence-electron chi connectivity index (χ1n) is 5.99. The lowest BCUT2D eigenvalue weighted by molar-refractivity contribution is 0.0633. The van der Waals surface area contributed by atoms with Gasteiger partial charge in [0.1, 0.15) is 6.33 Å². The zero-order chi connectivity index (χ0) is 16.3. The molecule has 1 aromatic carbocycles. The van der Waals surface area contributed by atoms with Crippen molar-refractivity contribution in [3.63, 3.8) is 0 Å². The van der Waals surface area contributed by atoms with Gasteiger partial charge in [0.15, 0.2) is 11.9 Å². The highest BCUT2D eigenvalue weighted by Gasteiger charge is 2.21. The number of amides is 1. The van der Waals surface area contributed by atoms with Crippen LogP contribution in [0.4, 0.5) is 13.6 Å². The number of nitrogens with two attached hydrogens (primary N) is 1. The number of rotatable bonds is 5. The number of aliphatic hydroxyl groups excluding tert-OH is 1. The Morgan fingerprint density at radius 3 is 2.82 bits per heavy atom. The number of alkyl halides is 2. The SMILES string of the molecule is NC(=O)OC(CO)c1ccc(Cl)c(-n2ncnc2C(F)F)c1. The van der Waals surface area contributed by atoms with Gasteiger partial charge >= 0.3 is 6.09 Å². The van der Waals surface area contributed by atoms with Gasteiger partial charge in [-0.1, -0.05) is 17.7 Å². The van der Waals surface area contributed by atoms with Crippen molar-refractivity contribution in [3.05, 3.63) is 40.9 Å². The predicted molar refractivity (Wildman–Crippen MR) is 71.8 cm³/mol. The van der Waals surface area contributed by atoms with Crippen LogP contribution < -0.4 is 5.73 Å². The Balaban J connectivity index is 2.46. The molecule has 0 fully saturated rings. The number of carbonyl (C=O) groups is 1. The number of halogens is 3. The molecule has 3 N–H and O–H groups in total. The number of aromatic nitrogens is 3. The van der Waals surface area contributed by atoms with Crippen LogP contribution in [0.3, 0.4) is 0 Å². The molecule has 22 heavy (non-hydrogen) atoms. The van der Waals surface area contributed by atoms with Crippen LogP contribution in [0, 0.1) is 0 Å². The van der Waals surface area contributed by atoms with E-state index in [4.69, 9.17) is 22.1 Å². The number of hydrogen-bond donors (Lipinski definition) is 2. The van der Waals surface area contributed by atoms with Gasteiger partial charge < -0.3 is 15.6 Å². The van der Waals surface area contributed by atoms with Gasteiger partial charge in [0.2, 0.25) is 0 Å². The topological polar surface area (TPSA) is 103 Å². The van der Waals surface area contributed by atoms with Crippen LogP contribution in [0.1, 0.15) is 23.9 Å². The van der Waals surface area contributed by atoms with Gasteiger partial charge in [0.25, 0.3) is 6.43 Å². The molecule has 1 atom stereocenters. The summed E-state index contributed by atoms with van der Waals surface area (Å²) in [6, 6.07) is 4.22. The Morgan fingerprint density at radius 1 is 1.50 bits per heavy atom. The van der Waals surface area contributed by atoms with Gasteiger partial charge in [-0.05, 0) is 17.7 Å². The second-order valence-electron chi connectivity index (χ2n) is 4.15. The van der Waals surface area contributed by atoms with E-state index in [9.17, 15) is 18.7 Å². The summed E-state index contributed by atoms with van der Waals surface area (Å²) < 4.78 is 31.4. The average Bonchev–Trinajstić information content (AvgIpc) is 2.94. The molecule has 10 heteroatoms. The van der Waals surface area contributed by atoms with Crippen molar-refractivity contribution < 1.29 is 23.4 Å². The molecular formula is C12H11ClF2N4O3. The lowest BCUT2D eigenvalue weighted by Gasteiger charge is -2.16. The highest BCUT2D eigenvalue weighted by molar-refractivity contribution is 6.32. The van der Waals surface area contributed by atoms with Crippen LogP contribution in [0.5, 0.6) is 0 Å². The van der Waals surface area contributed by atoms with E-state index in [-0.39, 0.29) is 10.7 Å². The number of aliphatic hydroxyl groups is 1. The van der Waals surface area contributed by atoms with Gasteiger partial charge in [-0.2, -0.15) is 5.10 Å². The van der Waals surface area contributed by atoms with Gasteiger partial charge in [-0.3, -0.25) is 0 Å². The zero-order valence-electron chi connectivity index (χ0n) is 11.0. The molecule has 7 nitrogen and oxygen atoms in total. The molecular weight excluding hydrogens is 322 g/mol. The molecule has 2 rings (SSSR count). The second-order valence-corrected chi connectivity index (χ2v) is 4.56. The fourth-order valence-electron chi connectivity index (χ4n) is 1.83. The van der Waals surface area contributed by atoms with Crippen molar-refractivity contribution in [2.45, 2.75) is 12.5 Å². The smallest absolute Gasteiger partial charge is 0.405 e. The standard InChI is InChI=1S/C12H11ClF2N4O3/c13-7-2-1-6(9(4-20)22-12(16)21)3-8(7)19-11(10(14)15)17-5-18-19/h1-3,5,9-10,20H,4H2,(H2,16,21). The molecule has 0 aliphatic carbocycles. The molecule has 1 heterocycles. The Bertz CT molecular complexity index is 680. The predicted octanol–water partition coefficient (Wildman–Crippen LogP) is 1.99. The van der Waals surface area contributed by atoms with Crippen molar-refractivity contribution in [2.75, 3.05) is 6.61 Å². The molecule has 1 amide bonds. The molecule has 0 radical (unpaired) electrons. The summed E-state index contributed by atoms with van der Waals surface area (Å²) in [5.74, 6) is -0.588. The number of carbonyl (C=O) groups excluding carboxylic acids is 1. The Hall–Kier alpha value is -2.26. The summed E-state index contributed by atoms with van der Waals surface area (Å²) in [6.07, 6.45) is -4.01. The number of hydrogen-bond acceptors (Lipinski definition) is 5. The van der Waals surface area contributed by atoms with E-state index in [1.807, 2.05) is 0 Å². The molecule has 118 valence electrons. The van der Waals surface area contributed by atoms with Crippen molar-refractivity contribution >= 4 is 17.7 Å². The third kappa shape index (κ3) is 3.31. The maximum absolute atomic E-state index is 12.9. The monoisotopic (exact) mass is 332 g/mol. The molecule has 0 saturated heterocycles. The normalized spacial score (nSPS) is 12.4. The van der Waals surface area contributed by atoms with Crippen LogP contribution in [-0.4, -0.2) is 32.6 Å². The summed E-state index contributed by atoms with van der Waals surface area (Å²) in [7, 11) is 0. The summed E-state index contributed by atoms with van der Waals surface area (Å²) in [5.41, 5.74) is 5.33. The number of benzene rings is 1. The lowest BCUT2D eigenvalue weighted by Crippen LogP contribution is -2.20.